The van der Waals surface area contributed by atoms with Crippen molar-refractivity contribution in [2.75, 3.05) is 5.32 Å². The molecule has 5 nitrogen and oxygen atoms in total. The molecule has 1 aliphatic rings. The van der Waals surface area contributed by atoms with Crippen LogP contribution in [-0.4, -0.2) is 28.7 Å². The number of imide groups is 1. The van der Waals surface area contributed by atoms with Gasteiger partial charge in [0.25, 0.3) is 0 Å². The van der Waals surface area contributed by atoms with Crippen molar-refractivity contribution in [3.63, 3.8) is 0 Å². The predicted octanol–water partition coefficient (Wildman–Crippen LogP) is 1.30. The minimum atomic E-state index is -0.868. The topological polar surface area (TPSA) is 66.5 Å². The number of carbonyl (C=O) groups is 3. The Balaban J connectivity index is 2.05. The van der Waals surface area contributed by atoms with Gasteiger partial charge in [0, 0.05) is 18.5 Å². The first-order valence-corrected chi connectivity index (χ1v) is 5.90. The molecule has 6 heteroatoms. The second kappa shape index (κ2) is 5.17. The number of hydrogen-bond acceptors (Lipinski definition) is 3. The lowest BCUT2D eigenvalue weighted by Crippen LogP contribution is -2.44. The molecule has 0 unspecified atom stereocenters. The summed E-state index contributed by atoms with van der Waals surface area (Å²) >= 11 is 0. The van der Waals surface area contributed by atoms with Crippen molar-refractivity contribution in [2.24, 2.45) is 0 Å². The van der Waals surface area contributed by atoms with E-state index >= 15 is 0 Å². The Hall–Kier alpha value is -2.24. The van der Waals surface area contributed by atoms with E-state index in [9.17, 15) is 18.8 Å². The molecule has 0 bridgehead atoms. The van der Waals surface area contributed by atoms with Crippen molar-refractivity contribution in [3.05, 3.63) is 30.1 Å². The predicted molar refractivity (Wildman–Crippen MR) is 65.6 cm³/mol. The fourth-order valence-corrected chi connectivity index (χ4v) is 1.92. The van der Waals surface area contributed by atoms with Crippen molar-refractivity contribution >= 4 is 23.4 Å². The number of nitrogens with zero attached hydrogens (tertiary/aromatic N) is 1. The second-order valence-corrected chi connectivity index (χ2v) is 4.33. The van der Waals surface area contributed by atoms with Gasteiger partial charge in [-0.05, 0) is 31.2 Å². The average molecular weight is 264 g/mol. The summed E-state index contributed by atoms with van der Waals surface area (Å²) in [6, 6.07) is 4.38. The smallest absolute Gasteiger partial charge is 0.247 e. The van der Waals surface area contributed by atoms with Crippen LogP contribution in [0.4, 0.5) is 10.1 Å². The lowest BCUT2D eigenvalue weighted by Gasteiger charge is -2.21. The van der Waals surface area contributed by atoms with E-state index in [0.29, 0.717) is 5.69 Å². The number of rotatable bonds is 3. The maximum Gasteiger partial charge on any atom is 0.247 e. The van der Waals surface area contributed by atoms with Gasteiger partial charge in [0.05, 0.1) is 0 Å². The van der Waals surface area contributed by atoms with Gasteiger partial charge in [-0.3, -0.25) is 19.3 Å². The van der Waals surface area contributed by atoms with Crippen molar-refractivity contribution in [1.82, 2.24) is 4.90 Å². The first kappa shape index (κ1) is 13.2. The van der Waals surface area contributed by atoms with Crippen molar-refractivity contribution in [3.8, 4) is 0 Å². The Bertz CT molecular complexity index is 511. The lowest BCUT2D eigenvalue weighted by atomic mass is 10.2. The van der Waals surface area contributed by atoms with Gasteiger partial charge in [-0.25, -0.2) is 4.39 Å². The largest absolute Gasteiger partial charge is 0.324 e. The Morgan fingerprint density at radius 3 is 2.26 bits per heavy atom. The van der Waals surface area contributed by atoms with Gasteiger partial charge >= 0.3 is 0 Å². The van der Waals surface area contributed by atoms with Crippen LogP contribution >= 0.6 is 0 Å². The van der Waals surface area contributed by atoms with Crippen LogP contribution in [0.2, 0.25) is 0 Å². The van der Waals surface area contributed by atoms with Gasteiger partial charge in [0.15, 0.2) is 0 Å². The molecule has 0 aliphatic carbocycles. The minimum absolute atomic E-state index is 0.146. The van der Waals surface area contributed by atoms with Crippen LogP contribution in [0.15, 0.2) is 24.3 Å². The van der Waals surface area contributed by atoms with Crippen LogP contribution in [0, 0.1) is 5.82 Å². The van der Waals surface area contributed by atoms with Crippen LogP contribution in [0.3, 0.4) is 0 Å². The monoisotopic (exact) mass is 264 g/mol. The molecule has 0 aromatic heterocycles. The standard InChI is InChI=1S/C13H13FN2O3/c1-8(16-11(17)6-7-12(16)18)13(19)15-10-4-2-9(14)3-5-10/h2-5,8H,6-7H2,1H3,(H,15,19)/t8-/m0/s1. The summed E-state index contributed by atoms with van der Waals surface area (Å²) in [6.45, 7) is 1.49. The van der Waals surface area contributed by atoms with E-state index in [1.165, 1.54) is 31.2 Å². The number of carbonyl (C=O) groups excluding carboxylic acids is 3. The van der Waals surface area contributed by atoms with Gasteiger partial charge in [-0.2, -0.15) is 0 Å². The van der Waals surface area contributed by atoms with Crippen molar-refractivity contribution < 1.29 is 18.8 Å². The van der Waals surface area contributed by atoms with Gasteiger partial charge in [0.2, 0.25) is 17.7 Å². The Kier molecular flexibility index (Phi) is 3.59. The molecule has 19 heavy (non-hydrogen) atoms. The zero-order valence-corrected chi connectivity index (χ0v) is 10.4. The van der Waals surface area contributed by atoms with Crippen molar-refractivity contribution in [2.45, 2.75) is 25.8 Å². The maximum absolute atomic E-state index is 12.7. The van der Waals surface area contributed by atoms with Crippen LogP contribution in [0.25, 0.3) is 0 Å². The number of amides is 3. The van der Waals surface area contributed by atoms with E-state index in [1.807, 2.05) is 0 Å². The Morgan fingerprint density at radius 2 is 1.74 bits per heavy atom. The highest BCUT2D eigenvalue weighted by atomic mass is 19.1. The summed E-state index contributed by atoms with van der Waals surface area (Å²) in [5.41, 5.74) is 0.414. The maximum atomic E-state index is 12.7. The summed E-state index contributed by atoms with van der Waals surface area (Å²) in [7, 11) is 0. The molecule has 1 fully saturated rings. The molecule has 3 amide bonds. The zero-order chi connectivity index (χ0) is 14.0. The van der Waals surface area contributed by atoms with E-state index in [1.54, 1.807) is 0 Å². The number of likely N-dealkylation sites (tertiary alicyclic amines) is 1. The molecular formula is C13H13FN2O3. The third-order valence-corrected chi connectivity index (χ3v) is 2.97. The first-order valence-electron chi connectivity index (χ1n) is 5.90. The molecule has 0 radical (unpaired) electrons. The minimum Gasteiger partial charge on any atom is -0.324 e. The summed E-state index contributed by atoms with van der Waals surface area (Å²) in [5, 5.41) is 2.54. The fraction of sp³-hybridized carbons (Fsp3) is 0.308. The van der Waals surface area contributed by atoms with Crippen molar-refractivity contribution in [1.29, 1.82) is 0 Å². The van der Waals surface area contributed by atoms with Gasteiger partial charge in [-0.15, -0.1) is 0 Å². The third-order valence-electron chi connectivity index (χ3n) is 2.97. The molecule has 1 aromatic rings. The first-order chi connectivity index (χ1) is 8.99. The zero-order valence-electron chi connectivity index (χ0n) is 10.4. The molecule has 1 N–H and O–H groups in total. The summed E-state index contributed by atoms with van der Waals surface area (Å²) in [6.07, 6.45) is 0.292. The molecule has 0 spiro atoms. The fourth-order valence-electron chi connectivity index (χ4n) is 1.92. The summed E-state index contributed by atoms with van der Waals surface area (Å²) in [5.74, 6) is -1.57. The molecule has 1 atom stereocenters. The number of benzene rings is 1. The van der Waals surface area contributed by atoms with Crippen LogP contribution in [-0.2, 0) is 14.4 Å². The molecular weight excluding hydrogens is 251 g/mol. The summed E-state index contributed by atoms with van der Waals surface area (Å²) < 4.78 is 12.7. The molecule has 1 saturated heterocycles. The highest BCUT2D eigenvalue weighted by Gasteiger charge is 2.36. The number of anilines is 1. The van der Waals surface area contributed by atoms with E-state index in [0.717, 1.165) is 4.90 Å². The highest BCUT2D eigenvalue weighted by molar-refractivity contribution is 6.07. The van der Waals surface area contributed by atoms with Crippen LogP contribution in [0.5, 0.6) is 0 Å². The third kappa shape index (κ3) is 2.78. The number of nitrogens with one attached hydrogen (secondary N) is 1. The second-order valence-electron chi connectivity index (χ2n) is 4.33. The molecule has 1 aromatic carbocycles. The Labute approximate surface area is 109 Å². The van der Waals surface area contributed by atoms with Crippen LogP contribution < -0.4 is 5.32 Å². The molecule has 2 rings (SSSR count). The number of halogens is 1. The van der Waals surface area contributed by atoms with Crippen LogP contribution in [0.1, 0.15) is 19.8 Å². The molecule has 1 heterocycles. The Morgan fingerprint density at radius 1 is 1.21 bits per heavy atom. The van der Waals surface area contributed by atoms with E-state index in [2.05, 4.69) is 5.32 Å². The van der Waals surface area contributed by atoms with E-state index in [-0.39, 0.29) is 24.7 Å². The quantitative estimate of drug-likeness (QED) is 0.837. The average Bonchev–Trinajstić information content (AvgIpc) is 2.71. The number of hydrogen-bond donors (Lipinski definition) is 1. The molecule has 100 valence electrons. The summed E-state index contributed by atoms with van der Waals surface area (Å²) in [4.78, 5) is 35.9. The van der Waals surface area contributed by atoms with Gasteiger partial charge in [-0.1, -0.05) is 0 Å². The van der Waals surface area contributed by atoms with E-state index < -0.39 is 17.8 Å². The molecule has 0 saturated carbocycles. The van der Waals surface area contributed by atoms with E-state index in [4.69, 9.17) is 0 Å². The van der Waals surface area contributed by atoms with Gasteiger partial charge < -0.3 is 5.32 Å². The molecule has 1 aliphatic heterocycles. The normalized spacial score (nSPS) is 16.6. The highest BCUT2D eigenvalue weighted by Crippen LogP contribution is 2.17. The van der Waals surface area contributed by atoms with Gasteiger partial charge in [0.1, 0.15) is 11.9 Å². The SMILES string of the molecule is C[C@@H](C(=O)Nc1ccc(F)cc1)N1C(=O)CCC1=O. The lowest BCUT2D eigenvalue weighted by molar-refractivity contribution is -0.144.